The van der Waals surface area contributed by atoms with E-state index < -0.39 is 0 Å². The molecule has 0 amide bonds. The van der Waals surface area contributed by atoms with Crippen LogP contribution >= 0.6 is 0 Å². The topological polar surface area (TPSA) is 12.9 Å². The second-order valence-corrected chi connectivity index (χ2v) is 12.3. The predicted molar refractivity (Wildman–Crippen MR) is 183 cm³/mol. The van der Waals surface area contributed by atoms with Crippen molar-refractivity contribution < 1.29 is 0 Å². The molecule has 0 saturated carbocycles. The molecule has 0 N–H and O–H groups in total. The molecule has 0 unspecified atom stereocenters. The summed E-state index contributed by atoms with van der Waals surface area (Å²) in [6.07, 6.45) is 4.08. The smallest absolute Gasteiger partial charge is 0.0353 e. The standard InChI is InChI=1S/C42H29N/c1-42(2)36-22-12-15-27-24-43-25-35(39(27)36)41-29-17-7-6-16-28(29)34(23-37(41)42)40-32-20-10-8-18-30(32)38(26-13-4-3-5-14-26)31-19-9-11-21-33(31)40/h3-25H,1-2H3. The summed E-state index contributed by atoms with van der Waals surface area (Å²) in [6, 6.07) is 46.9. The fraction of sp³-hybridized carbons (Fsp3) is 0.0714. The lowest BCUT2D eigenvalue weighted by Crippen LogP contribution is -2.24. The lowest BCUT2D eigenvalue weighted by atomic mass is 9.67. The summed E-state index contributed by atoms with van der Waals surface area (Å²) in [5.41, 5.74) is 10.2. The quantitative estimate of drug-likeness (QED) is 0.196. The van der Waals surface area contributed by atoms with E-state index in [9.17, 15) is 0 Å². The van der Waals surface area contributed by atoms with Gasteiger partial charge in [0, 0.05) is 28.8 Å². The van der Waals surface area contributed by atoms with Crippen LogP contribution in [-0.2, 0) is 5.41 Å². The molecule has 1 aliphatic carbocycles. The van der Waals surface area contributed by atoms with Crippen molar-refractivity contribution in [3.05, 3.63) is 151 Å². The van der Waals surface area contributed by atoms with Crippen molar-refractivity contribution in [3.8, 4) is 33.4 Å². The number of fused-ring (bicyclic) bond motifs is 6. The molecule has 0 radical (unpaired) electrons. The molecule has 0 aliphatic heterocycles. The predicted octanol–water partition coefficient (Wildman–Crippen LogP) is 11.3. The Morgan fingerprint density at radius 1 is 0.442 bits per heavy atom. The molecule has 0 spiro atoms. The average molecular weight is 548 g/mol. The largest absolute Gasteiger partial charge is 0.263 e. The maximum absolute atomic E-state index is 4.71. The highest BCUT2D eigenvalue weighted by Crippen LogP contribution is 2.54. The molecule has 1 heteroatoms. The second-order valence-electron chi connectivity index (χ2n) is 12.3. The zero-order valence-corrected chi connectivity index (χ0v) is 24.2. The van der Waals surface area contributed by atoms with Gasteiger partial charge in [-0.15, -0.1) is 0 Å². The minimum absolute atomic E-state index is 0.183. The van der Waals surface area contributed by atoms with Crippen LogP contribution in [0.15, 0.2) is 140 Å². The Morgan fingerprint density at radius 2 is 1.00 bits per heavy atom. The Bertz CT molecular complexity index is 2350. The van der Waals surface area contributed by atoms with Crippen molar-refractivity contribution in [2.45, 2.75) is 19.3 Å². The normalized spacial score (nSPS) is 13.5. The van der Waals surface area contributed by atoms with E-state index in [0.717, 1.165) is 0 Å². The van der Waals surface area contributed by atoms with Gasteiger partial charge in [-0.25, -0.2) is 0 Å². The van der Waals surface area contributed by atoms with Gasteiger partial charge in [-0.1, -0.05) is 135 Å². The van der Waals surface area contributed by atoms with Crippen molar-refractivity contribution in [2.24, 2.45) is 0 Å². The molecule has 0 atom stereocenters. The zero-order chi connectivity index (χ0) is 28.7. The summed E-state index contributed by atoms with van der Waals surface area (Å²) in [7, 11) is 0. The van der Waals surface area contributed by atoms with Gasteiger partial charge in [-0.2, -0.15) is 0 Å². The molecule has 202 valence electrons. The van der Waals surface area contributed by atoms with Crippen LogP contribution in [0.1, 0.15) is 25.0 Å². The van der Waals surface area contributed by atoms with Crippen molar-refractivity contribution in [2.75, 3.05) is 0 Å². The van der Waals surface area contributed by atoms with Crippen molar-refractivity contribution in [1.29, 1.82) is 0 Å². The highest BCUT2D eigenvalue weighted by Gasteiger charge is 2.35. The average Bonchev–Trinajstić information content (AvgIpc) is 3.06. The molecule has 0 fully saturated rings. The van der Waals surface area contributed by atoms with Gasteiger partial charge < -0.3 is 0 Å². The van der Waals surface area contributed by atoms with E-state index in [0.29, 0.717) is 0 Å². The number of benzene rings is 7. The lowest BCUT2D eigenvalue weighted by Gasteiger charge is -2.36. The third-order valence-electron chi connectivity index (χ3n) is 9.71. The molecule has 1 aliphatic rings. The van der Waals surface area contributed by atoms with Crippen LogP contribution in [0.2, 0.25) is 0 Å². The van der Waals surface area contributed by atoms with Crippen molar-refractivity contribution in [1.82, 2.24) is 4.98 Å². The van der Waals surface area contributed by atoms with Crippen LogP contribution in [0.5, 0.6) is 0 Å². The fourth-order valence-electron chi connectivity index (χ4n) is 7.79. The minimum Gasteiger partial charge on any atom is -0.263 e. The number of hydrogen-bond donors (Lipinski definition) is 0. The van der Waals surface area contributed by atoms with Gasteiger partial charge in [0.1, 0.15) is 0 Å². The molecule has 9 rings (SSSR count). The summed E-state index contributed by atoms with van der Waals surface area (Å²) in [5.74, 6) is 0. The van der Waals surface area contributed by atoms with Gasteiger partial charge in [0.2, 0.25) is 0 Å². The summed E-state index contributed by atoms with van der Waals surface area (Å²) in [5, 5.41) is 10.2. The van der Waals surface area contributed by atoms with Crippen molar-refractivity contribution >= 4 is 43.1 Å². The highest BCUT2D eigenvalue weighted by atomic mass is 14.6. The summed E-state index contributed by atoms with van der Waals surface area (Å²) in [4.78, 5) is 4.71. The molecular formula is C42H29N. The first-order valence-electron chi connectivity index (χ1n) is 15.1. The van der Waals surface area contributed by atoms with E-state index >= 15 is 0 Å². The lowest BCUT2D eigenvalue weighted by molar-refractivity contribution is 0.646. The van der Waals surface area contributed by atoms with E-state index in [2.05, 4.69) is 147 Å². The zero-order valence-electron chi connectivity index (χ0n) is 24.2. The second kappa shape index (κ2) is 8.86. The molecule has 0 saturated heterocycles. The number of rotatable bonds is 2. The van der Waals surface area contributed by atoms with Crippen LogP contribution < -0.4 is 0 Å². The van der Waals surface area contributed by atoms with E-state index in [1.165, 1.54) is 87.6 Å². The number of hydrogen-bond acceptors (Lipinski definition) is 1. The van der Waals surface area contributed by atoms with Crippen LogP contribution in [0.4, 0.5) is 0 Å². The monoisotopic (exact) mass is 547 g/mol. The van der Waals surface area contributed by atoms with Crippen LogP contribution in [0, 0.1) is 0 Å². The van der Waals surface area contributed by atoms with Crippen LogP contribution in [0.3, 0.4) is 0 Å². The Kier molecular flexibility index (Phi) is 5.02. The van der Waals surface area contributed by atoms with Gasteiger partial charge >= 0.3 is 0 Å². The summed E-state index contributed by atoms with van der Waals surface area (Å²) < 4.78 is 0. The molecule has 1 heterocycles. The molecule has 43 heavy (non-hydrogen) atoms. The van der Waals surface area contributed by atoms with E-state index in [-0.39, 0.29) is 5.41 Å². The first kappa shape index (κ1) is 24.3. The van der Waals surface area contributed by atoms with Gasteiger partial charge in [-0.05, 0) is 82.7 Å². The number of pyridine rings is 1. The molecule has 8 aromatic rings. The Morgan fingerprint density at radius 3 is 1.65 bits per heavy atom. The third kappa shape index (κ3) is 3.31. The first-order chi connectivity index (χ1) is 21.1. The Balaban J connectivity index is 1.48. The summed E-state index contributed by atoms with van der Waals surface area (Å²) in [6.45, 7) is 4.77. The Hall–Kier alpha value is -5.27. The summed E-state index contributed by atoms with van der Waals surface area (Å²) >= 11 is 0. The Labute approximate surface area is 251 Å². The third-order valence-corrected chi connectivity index (χ3v) is 9.71. The maximum atomic E-state index is 4.71. The first-order valence-corrected chi connectivity index (χ1v) is 15.1. The molecule has 1 nitrogen and oxygen atoms in total. The van der Waals surface area contributed by atoms with Gasteiger partial charge in [0.15, 0.2) is 0 Å². The molecule has 7 aromatic carbocycles. The SMILES string of the molecule is CC1(C)c2cc(-c3c4ccccc4c(-c4ccccc4)c4ccccc34)c3ccccc3c2-c2cncc3cccc1c23. The van der Waals surface area contributed by atoms with E-state index in [1.54, 1.807) is 0 Å². The van der Waals surface area contributed by atoms with Crippen LogP contribution in [0.25, 0.3) is 76.5 Å². The van der Waals surface area contributed by atoms with E-state index in [1.807, 2.05) is 6.20 Å². The van der Waals surface area contributed by atoms with Gasteiger partial charge in [0.05, 0.1) is 0 Å². The number of aromatic nitrogens is 1. The van der Waals surface area contributed by atoms with Crippen molar-refractivity contribution in [3.63, 3.8) is 0 Å². The minimum atomic E-state index is -0.183. The van der Waals surface area contributed by atoms with Crippen LogP contribution in [-0.4, -0.2) is 4.98 Å². The highest BCUT2D eigenvalue weighted by molar-refractivity contribution is 6.25. The van der Waals surface area contributed by atoms with E-state index in [4.69, 9.17) is 4.98 Å². The molecule has 0 bridgehead atoms. The molecular weight excluding hydrogens is 518 g/mol. The fourth-order valence-corrected chi connectivity index (χ4v) is 7.79. The molecule has 1 aromatic heterocycles. The van der Waals surface area contributed by atoms with Gasteiger partial charge in [0.25, 0.3) is 0 Å². The maximum Gasteiger partial charge on any atom is 0.0353 e. The van der Waals surface area contributed by atoms with Gasteiger partial charge in [-0.3, -0.25) is 4.98 Å². The number of nitrogens with zero attached hydrogens (tertiary/aromatic N) is 1.